The Bertz CT molecular complexity index is 429. The second-order valence-corrected chi connectivity index (χ2v) is 8.03. The van der Waals surface area contributed by atoms with E-state index < -0.39 is 0 Å². The van der Waals surface area contributed by atoms with E-state index in [0.717, 1.165) is 33.6 Å². The van der Waals surface area contributed by atoms with E-state index in [9.17, 15) is 4.79 Å². The summed E-state index contributed by atoms with van der Waals surface area (Å²) in [5.74, 6) is 1.79. The average molecular weight is 328 g/mol. The van der Waals surface area contributed by atoms with E-state index in [1.807, 2.05) is 13.0 Å². The summed E-state index contributed by atoms with van der Waals surface area (Å²) < 4.78 is 1.09. The van der Waals surface area contributed by atoms with Crippen molar-refractivity contribution < 1.29 is 4.79 Å². The Morgan fingerprint density at radius 3 is 2.28 bits per heavy atom. The first kappa shape index (κ1) is 12.7. The summed E-state index contributed by atoms with van der Waals surface area (Å²) >= 11 is 5.08. The van der Waals surface area contributed by atoms with E-state index in [4.69, 9.17) is 0 Å². The van der Waals surface area contributed by atoms with Crippen LogP contribution in [0.4, 0.5) is 0 Å². The Hall–Kier alpha value is -0.350. The Labute approximate surface area is 120 Å². The van der Waals surface area contributed by atoms with Gasteiger partial charge in [0.15, 0.2) is 0 Å². The average Bonchev–Trinajstić information content (AvgIpc) is 3.22. The maximum Gasteiger partial charge on any atom is 0.263 e. The summed E-state index contributed by atoms with van der Waals surface area (Å²) in [6.45, 7) is 4.00. The Kier molecular flexibility index (Phi) is 3.50. The summed E-state index contributed by atoms with van der Waals surface area (Å²) in [5, 5.41) is 0. The van der Waals surface area contributed by atoms with Crippen LogP contribution in [0.15, 0.2) is 9.85 Å². The first-order chi connectivity index (χ1) is 8.63. The van der Waals surface area contributed by atoms with Gasteiger partial charge in [0.1, 0.15) is 0 Å². The molecule has 0 saturated heterocycles. The molecular weight excluding hydrogens is 310 g/mol. The number of hydrogen-bond donors (Lipinski definition) is 0. The predicted molar refractivity (Wildman–Crippen MR) is 78.1 cm³/mol. The Morgan fingerprint density at radius 2 is 1.89 bits per heavy atom. The van der Waals surface area contributed by atoms with Gasteiger partial charge in [0.2, 0.25) is 0 Å². The summed E-state index contributed by atoms with van der Waals surface area (Å²) in [7, 11) is 0. The van der Waals surface area contributed by atoms with Gasteiger partial charge in [0, 0.05) is 13.1 Å². The lowest BCUT2D eigenvalue weighted by atomic mass is 10.2. The lowest BCUT2D eigenvalue weighted by molar-refractivity contribution is 0.0744. The van der Waals surface area contributed by atoms with Crippen LogP contribution in [0, 0.1) is 18.8 Å². The van der Waals surface area contributed by atoms with E-state index in [2.05, 4.69) is 20.8 Å². The molecule has 0 unspecified atom stereocenters. The largest absolute Gasteiger partial charge is 0.337 e. The van der Waals surface area contributed by atoms with Crippen LogP contribution in [-0.4, -0.2) is 23.9 Å². The third kappa shape index (κ3) is 2.97. The van der Waals surface area contributed by atoms with E-state index in [-0.39, 0.29) is 5.91 Å². The van der Waals surface area contributed by atoms with Crippen molar-refractivity contribution in [3.63, 3.8) is 0 Å². The van der Waals surface area contributed by atoms with Crippen molar-refractivity contribution in [2.45, 2.75) is 32.6 Å². The number of carbonyl (C=O) groups excluding carboxylic acids is 1. The van der Waals surface area contributed by atoms with Gasteiger partial charge >= 0.3 is 0 Å². The van der Waals surface area contributed by atoms with Gasteiger partial charge in [-0.2, -0.15) is 0 Å². The molecule has 2 nitrogen and oxygen atoms in total. The lowest BCUT2D eigenvalue weighted by Crippen LogP contribution is -2.34. The summed E-state index contributed by atoms with van der Waals surface area (Å²) in [6, 6.07) is 2.02. The molecular formula is C14H18BrNOS. The maximum atomic E-state index is 12.6. The highest BCUT2D eigenvalue weighted by molar-refractivity contribution is 9.11. The molecule has 2 saturated carbocycles. The lowest BCUT2D eigenvalue weighted by Gasteiger charge is -2.21. The minimum absolute atomic E-state index is 0.243. The van der Waals surface area contributed by atoms with Gasteiger partial charge in [-0.1, -0.05) is 0 Å². The zero-order valence-electron chi connectivity index (χ0n) is 10.6. The highest BCUT2D eigenvalue weighted by atomic mass is 79.9. The van der Waals surface area contributed by atoms with Crippen molar-refractivity contribution in [1.82, 2.24) is 4.90 Å². The Morgan fingerprint density at radius 1 is 1.33 bits per heavy atom. The number of rotatable bonds is 5. The summed E-state index contributed by atoms with van der Waals surface area (Å²) in [4.78, 5) is 15.5. The molecule has 2 fully saturated rings. The molecule has 0 spiro atoms. The second-order valence-electron chi connectivity index (χ2n) is 5.66. The molecule has 2 aliphatic rings. The van der Waals surface area contributed by atoms with Gasteiger partial charge in [-0.3, -0.25) is 4.79 Å². The number of nitrogens with zero attached hydrogens (tertiary/aromatic N) is 1. The quantitative estimate of drug-likeness (QED) is 0.797. The van der Waals surface area contributed by atoms with Gasteiger partial charge in [-0.05, 0) is 72.0 Å². The van der Waals surface area contributed by atoms with Crippen molar-refractivity contribution >= 4 is 33.2 Å². The minimum Gasteiger partial charge on any atom is -0.337 e. The molecule has 0 bridgehead atoms. The highest BCUT2D eigenvalue weighted by Crippen LogP contribution is 2.35. The predicted octanol–water partition coefficient (Wildman–Crippen LogP) is 4.08. The second kappa shape index (κ2) is 4.97. The fraction of sp³-hybridized carbons (Fsp3) is 0.643. The number of halogens is 1. The highest BCUT2D eigenvalue weighted by Gasteiger charge is 2.32. The van der Waals surface area contributed by atoms with Crippen LogP contribution in [0.3, 0.4) is 0 Å². The minimum atomic E-state index is 0.243. The van der Waals surface area contributed by atoms with Gasteiger partial charge < -0.3 is 4.90 Å². The van der Waals surface area contributed by atoms with Crippen molar-refractivity contribution in [2.75, 3.05) is 13.1 Å². The van der Waals surface area contributed by atoms with Crippen LogP contribution in [0.25, 0.3) is 0 Å². The van der Waals surface area contributed by atoms with Crippen molar-refractivity contribution in [1.29, 1.82) is 0 Å². The molecule has 2 aliphatic carbocycles. The van der Waals surface area contributed by atoms with Crippen LogP contribution in [0.2, 0.25) is 0 Å². The number of amides is 1. The molecule has 1 aromatic heterocycles. The molecule has 0 radical (unpaired) electrons. The van der Waals surface area contributed by atoms with Gasteiger partial charge in [0.05, 0.1) is 8.66 Å². The molecule has 98 valence electrons. The maximum absolute atomic E-state index is 12.6. The molecule has 0 atom stereocenters. The topological polar surface area (TPSA) is 20.3 Å². The number of carbonyl (C=O) groups is 1. The van der Waals surface area contributed by atoms with Crippen LogP contribution in [-0.2, 0) is 0 Å². The van der Waals surface area contributed by atoms with Crippen molar-refractivity contribution in [3.05, 3.63) is 20.3 Å². The summed E-state index contributed by atoms with van der Waals surface area (Å²) in [5.41, 5.74) is 1.17. The van der Waals surface area contributed by atoms with Crippen LogP contribution >= 0.6 is 27.3 Å². The van der Waals surface area contributed by atoms with Crippen molar-refractivity contribution in [2.24, 2.45) is 11.8 Å². The van der Waals surface area contributed by atoms with Crippen LogP contribution < -0.4 is 0 Å². The van der Waals surface area contributed by atoms with E-state index in [0.29, 0.717) is 0 Å². The SMILES string of the molecule is Cc1cc(C(=O)N(CC2CC2)CC2CC2)sc1Br. The number of thiophene rings is 1. The molecule has 4 heteroatoms. The molecule has 3 rings (SSSR count). The van der Waals surface area contributed by atoms with Gasteiger partial charge in [0.25, 0.3) is 5.91 Å². The fourth-order valence-corrected chi connectivity index (χ4v) is 3.69. The van der Waals surface area contributed by atoms with Crippen molar-refractivity contribution in [3.8, 4) is 0 Å². The molecule has 0 aliphatic heterocycles. The normalized spacial score (nSPS) is 19.0. The van der Waals surface area contributed by atoms with E-state index >= 15 is 0 Å². The third-order valence-corrected chi connectivity index (χ3v) is 5.83. The molecule has 1 heterocycles. The smallest absolute Gasteiger partial charge is 0.263 e. The molecule has 1 aromatic rings. The summed E-state index contributed by atoms with van der Waals surface area (Å²) in [6.07, 6.45) is 5.23. The molecule has 18 heavy (non-hydrogen) atoms. The Balaban J connectivity index is 1.72. The van der Waals surface area contributed by atoms with E-state index in [1.54, 1.807) is 11.3 Å². The first-order valence-corrected chi connectivity index (χ1v) is 8.29. The molecule has 1 amide bonds. The number of aryl methyl sites for hydroxylation is 1. The first-order valence-electron chi connectivity index (χ1n) is 6.68. The number of hydrogen-bond acceptors (Lipinski definition) is 2. The van der Waals surface area contributed by atoms with Crippen LogP contribution in [0.5, 0.6) is 0 Å². The van der Waals surface area contributed by atoms with E-state index in [1.165, 1.54) is 31.2 Å². The molecule has 0 aromatic carbocycles. The van der Waals surface area contributed by atoms with Gasteiger partial charge in [-0.15, -0.1) is 11.3 Å². The van der Waals surface area contributed by atoms with Gasteiger partial charge in [-0.25, -0.2) is 0 Å². The fourth-order valence-electron chi connectivity index (χ4n) is 2.19. The zero-order chi connectivity index (χ0) is 12.7. The zero-order valence-corrected chi connectivity index (χ0v) is 13.0. The third-order valence-electron chi connectivity index (χ3n) is 3.71. The standard InChI is InChI=1S/C14H18BrNOS/c1-9-6-12(18-13(9)15)14(17)16(7-10-2-3-10)8-11-4-5-11/h6,10-11H,2-5,7-8H2,1H3. The molecule has 0 N–H and O–H groups in total. The van der Waals surface area contributed by atoms with Crippen LogP contribution in [0.1, 0.15) is 40.9 Å². The monoisotopic (exact) mass is 327 g/mol.